The van der Waals surface area contributed by atoms with E-state index in [1.165, 1.54) is 13.8 Å². The average Bonchev–Trinajstić information content (AvgIpc) is 3.11. The molecule has 0 saturated heterocycles. The molecule has 2 bridgehead atoms. The normalized spacial score (nSPS) is 30.9. The number of carbonyl (C=O) groups is 5. The van der Waals surface area contributed by atoms with Gasteiger partial charge in [0.15, 0.2) is 28.9 Å². The number of hydrogen-bond acceptors (Lipinski definition) is 12. The zero-order valence-electron chi connectivity index (χ0n) is 21.9. The van der Waals surface area contributed by atoms with Gasteiger partial charge in [0, 0.05) is 29.4 Å². The summed E-state index contributed by atoms with van der Waals surface area (Å²) in [6.45, 7) is 2.65. The van der Waals surface area contributed by atoms with Gasteiger partial charge < -0.3 is 35.7 Å². The third-order valence-corrected chi connectivity index (χ3v) is 9.69. The van der Waals surface area contributed by atoms with E-state index in [2.05, 4.69) is 0 Å². The first-order valence-corrected chi connectivity index (χ1v) is 13.1. The van der Waals surface area contributed by atoms with Gasteiger partial charge >= 0.3 is 0 Å². The van der Waals surface area contributed by atoms with Crippen molar-refractivity contribution in [3.8, 4) is 23.0 Å². The van der Waals surface area contributed by atoms with E-state index in [0.29, 0.717) is 0 Å². The zero-order valence-corrected chi connectivity index (χ0v) is 21.9. The largest absolute Gasteiger partial charge is 0.507 e. The number of aliphatic hydroxyl groups excluding tert-OH is 3. The van der Waals surface area contributed by atoms with Crippen molar-refractivity contribution in [3.63, 3.8) is 0 Å². The molecule has 1 spiro atoms. The van der Waals surface area contributed by atoms with E-state index in [1.54, 1.807) is 0 Å². The van der Waals surface area contributed by atoms with Gasteiger partial charge in [-0.1, -0.05) is 0 Å². The monoisotopic (exact) mass is 574 g/mol. The zero-order chi connectivity index (χ0) is 30.5. The van der Waals surface area contributed by atoms with Gasteiger partial charge in [-0.05, 0) is 31.6 Å². The van der Waals surface area contributed by atoms with E-state index in [1.807, 2.05) is 0 Å². The van der Waals surface area contributed by atoms with Crippen molar-refractivity contribution in [2.24, 2.45) is 17.3 Å². The fourth-order valence-electron chi connectivity index (χ4n) is 8.19. The fraction of sp³-hybridized carbons (Fsp3) is 0.300. The second-order valence-corrected chi connectivity index (χ2v) is 11.6. The summed E-state index contributed by atoms with van der Waals surface area (Å²) in [5, 5.41) is 78.7. The Bertz CT molecular complexity index is 1880. The fourth-order valence-corrected chi connectivity index (χ4v) is 8.19. The summed E-state index contributed by atoms with van der Waals surface area (Å²) in [5.41, 5.74) is -6.89. The van der Waals surface area contributed by atoms with Crippen LogP contribution in [0.15, 0.2) is 23.3 Å². The lowest BCUT2D eigenvalue weighted by molar-refractivity contribution is -0.123. The smallest absolute Gasteiger partial charge is 0.193 e. The standard InChI is InChI=1S/C30H22O12/c1-6-3-8(31)12-16(22(6)35)25(38)14-15-19-10(33)5-11(34)20-26(39)13-9(32)4-7(2)23(36)18(13)29(42)30(19,20)21(27(15)40)28(41)17(14)24(12)37/h3-4,10,15,19,21,27,32-33,36-40H,5H2,1-2H3. The Hall–Kier alpha value is -4.81. The number of aromatic hydroxyl groups is 4. The Balaban J connectivity index is 1.62. The Labute approximate surface area is 235 Å². The first-order valence-electron chi connectivity index (χ1n) is 13.1. The number of phenols is 4. The molecule has 5 aliphatic carbocycles. The molecule has 0 amide bonds. The topological polar surface area (TPSA) is 227 Å². The molecule has 0 aliphatic heterocycles. The molecule has 6 atom stereocenters. The number of benzene rings is 2. The highest BCUT2D eigenvalue weighted by molar-refractivity contribution is 6.29. The molecule has 7 rings (SSSR count). The molecule has 6 unspecified atom stereocenters. The summed E-state index contributed by atoms with van der Waals surface area (Å²) in [6, 6.07) is 1.06. The number of ketones is 5. The minimum Gasteiger partial charge on any atom is -0.507 e. The molecule has 12 nitrogen and oxygen atoms in total. The molecule has 2 aromatic rings. The minimum absolute atomic E-state index is 0.00507. The van der Waals surface area contributed by atoms with E-state index < -0.39 is 138 Å². The summed E-state index contributed by atoms with van der Waals surface area (Å²) >= 11 is 0. The van der Waals surface area contributed by atoms with Crippen molar-refractivity contribution in [2.45, 2.75) is 38.4 Å². The summed E-state index contributed by atoms with van der Waals surface area (Å²) < 4.78 is 0. The molecule has 5 aliphatic rings. The lowest BCUT2D eigenvalue weighted by Crippen LogP contribution is -2.56. The highest BCUT2D eigenvalue weighted by Crippen LogP contribution is 2.71. The van der Waals surface area contributed by atoms with Crippen LogP contribution in [0, 0.1) is 24.2 Å². The van der Waals surface area contributed by atoms with Crippen LogP contribution < -0.4 is 0 Å². The number of aryl methyl sites for hydroxylation is 1. The van der Waals surface area contributed by atoms with Crippen LogP contribution in [0.2, 0.25) is 0 Å². The maximum atomic E-state index is 14.6. The first kappa shape index (κ1) is 26.1. The van der Waals surface area contributed by atoms with Gasteiger partial charge in [0.25, 0.3) is 0 Å². The van der Waals surface area contributed by atoms with Crippen molar-refractivity contribution in [2.75, 3.05) is 0 Å². The van der Waals surface area contributed by atoms with E-state index in [-0.39, 0.29) is 11.1 Å². The molecule has 7 N–H and O–H groups in total. The number of Topliss-reactive ketones (excluding diaryl/α,β-unsaturated/α-hetero) is 4. The summed E-state index contributed by atoms with van der Waals surface area (Å²) in [5.74, 6) is -14.3. The highest BCUT2D eigenvalue weighted by atomic mass is 16.3. The number of aliphatic hydroxyl groups is 3. The van der Waals surface area contributed by atoms with Gasteiger partial charge in [0.05, 0.1) is 56.9 Å². The molecule has 12 heteroatoms. The summed E-state index contributed by atoms with van der Waals surface area (Å²) in [6.07, 6.45) is -3.42. The van der Waals surface area contributed by atoms with Gasteiger partial charge in [-0.3, -0.25) is 24.0 Å². The van der Waals surface area contributed by atoms with E-state index in [9.17, 15) is 59.7 Å². The van der Waals surface area contributed by atoms with Crippen LogP contribution in [0.4, 0.5) is 0 Å². The Kier molecular flexibility index (Phi) is 4.80. The third kappa shape index (κ3) is 2.54. The molecule has 0 aromatic heterocycles. The first-order chi connectivity index (χ1) is 19.7. The van der Waals surface area contributed by atoms with Crippen molar-refractivity contribution < 1.29 is 59.7 Å². The lowest BCUT2D eigenvalue weighted by atomic mass is 9.53. The predicted molar refractivity (Wildman–Crippen MR) is 139 cm³/mol. The number of allylic oxidation sites excluding steroid dienone is 3. The van der Waals surface area contributed by atoms with Gasteiger partial charge in [0.2, 0.25) is 0 Å². The second kappa shape index (κ2) is 7.72. The molecule has 2 saturated carbocycles. The Morgan fingerprint density at radius 3 is 2.14 bits per heavy atom. The maximum Gasteiger partial charge on any atom is 0.193 e. The van der Waals surface area contributed by atoms with E-state index in [0.717, 1.165) is 12.1 Å². The number of hydrogen-bond donors (Lipinski definition) is 7. The highest BCUT2D eigenvalue weighted by Gasteiger charge is 2.76. The molecular formula is C30H22O12. The van der Waals surface area contributed by atoms with Crippen LogP contribution in [0.5, 0.6) is 23.0 Å². The number of carbonyl (C=O) groups excluding carboxylic acids is 5. The molecule has 42 heavy (non-hydrogen) atoms. The molecule has 214 valence electrons. The molecule has 2 aromatic carbocycles. The van der Waals surface area contributed by atoms with Crippen molar-refractivity contribution in [3.05, 3.63) is 62.2 Å². The molecule has 2 fully saturated rings. The van der Waals surface area contributed by atoms with Gasteiger partial charge in [-0.2, -0.15) is 0 Å². The summed E-state index contributed by atoms with van der Waals surface area (Å²) in [4.78, 5) is 68.3. The van der Waals surface area contributed by atoms with Crippen molar-refractivity contribution in [1.29, 1.82) is 0 Å². The van der Waals surface area contributed by atoms with Crippen LogP contribution in [-0.2, 0) is 4.79 Å². The molecular weight excluding hydrogens is 552 g/mol. The Morgan fingerprint density at radius 1 is 0.810 bits per heavy atom. The van der Waals surface area contributed by atoms with Crippen LogP contribution in [0.3, 0.4) is 0 Å². The van der Waals surface area contributed by atoms with Gasteiger partial charge in [-0.25, -0.2) is 0 Å². The van der Waals surface area contributed by atoms with Crippen LogP contribution >= 0.6 is 0 Å². The quantitative estimate of drug-likeness (QED) is 0.222. The summed E-state index contributed by atoms with van der Waals surface area (Å²) in [7, 11) is 0. The molecule has 0 radical (unpaired) electrons. The number of fused-ring (bicyclic) bond motifs is 7. The Morgan fingerprint density at radius 2 is 1.48 bits per heavy atom. The number of rotatable bonds is 0. The third-order valence-electron chi connectivity index (χ3n) is 9.69. The van der Waals surface area contributed by atoms with Crippen LogP contribution in [-0.4, -0.2) is 76.9 Å². The van der Waals surface area contributed by atoms with Crippen LogP contribution in [0.25, 0.3) is 5.76 Å². The van der Waals surface area contributed by atoms with Crippen LogP contribution in [0.1, 0.15) is 77.4 Å². The van der Waals surface area contributed by atoms with E-state index >= 15 is 0 Å². The van der Waals surface area contributed by atoms with Gasteiger partial charge in [0.1, 0.15) is 28.8 Å². The van der Waals surface area contributed by atoms with Crippen molar-refractivity contribution >= 4 is 34.7 Å². The van der Waals surface area contributed by atoms with Crippen molar-refractivity contribution in [1.82, 2.24) is 0 Å². The molecule has 0 heterocycles. The minimum atomic E-state index is -2.52. The second-order valence-electron chi connectivity index (χ2n) is 11.6. The van der Waals surface area contributed by atoms with E-state index in [4.69, 9.17) is 0 Å². The SMILES string of the molecule is CC1=CC(=O)c2c(O)c3c(c(O)c2C1=O)C1C(O)C(C3=O)C23C(=O)c4c(O)c(C)cc(O)c4C(O)=C2C(=O)CC(O)C13. The average molecular weight is 574 g/mol. The predicted octanol–water partition coefficient (Wildman–Crippen LogP) is 1.52. The van der Waals surface area contributed by atoms with Gasteiger partial charge in [-0.15, -0.1) is 0 Å². The maximum absolute atomic E-state index is 14.6. The lowest BCUT2D eigenvalue weighted by Gasteiger charge is -2.47. The number of phenolic OH excluding ortho intramolecular Hbond substituents is 4.